The molecule has 19 heavy (non-hydrogen) atoms. The largest absolute Gasteiger partial charge is 0.497 e. The third kappa shape index (κ3) is 5.42. The van der Waals surface area contributed by atoms with Crippen molar-refractivity contribution in [2.24, 2.45) is 0 Å². The van der Waals surface area contributed by atoms with Crippen molar-refractivity contribution in [2.75, 3.05) is 13.7 Å². The van der Waals surface area contributed by atoms with Crippen molar-refractivity contribution in [3.05, 3.63) is 42.5 Å². The van der Waals surface area contributed by atoms with Gasteiger partial charge in [0.25, 0.3) is 0 Å². The van der Waals surface area contributed by atoms with Crippen LogP contribution in [-0.2, 0) is 11.3 Å². The van der Waals surface area contributed by atoms with E-state index in [1.54, 1.807) is 13.2 Å². The van der Waals surface area contributed by atoms with Gasteiger partial charge in [-0.1, -0.05) is 18.2 Å². The number of benzene rings is 1. The third-order valence-electron chi connectivity index (χ3n) is 2.89. The zero-order valence-electron chi connectivity index (χ0n) is 11.3. The maximum atomic E-state index is 9.68. The van der Waals surface area contributed by atoms with Gasteiger partial charge >= 0.3 is 0 Å². The van der Waals surface area contributed by atoms with Gasteiger partial charge in [0.1, 0.15) is 11.9 Å². The Morgan fingerprint density at radius 2 is 2.00 bits per heavy atom. The Labute approximate surface area is 114 Å². The van der Waals surface area contributed by atoms with E-state index < -0.39 is 6.10 Å². The van der Waals surface area contributed by atoms with Gasteiger partial charge in [0.15, 0.2) is 0 Å². The molecule has 0 saturated heterocycles. The van der Waals surface area contributed by atoms with Gasteiger partial charge in [-0.25, -0.2) is 0 Å². The van der Waals surface area contributed by atoms with Crippen LogP contribution in [0.15, 0.2) is 36.9 Å². The van der Waals surface area contributed by atoms with E-state index in [0.29, 0.717) is 13.0 Å². The maximum Gasteiger partial charge on any atom is 0.118 e. The second-order valence-electron chi connectivity index (χ2n) is 4.31. The van der Waals surface area contributed by atoms with Crippen LogP contribution < -0.4 is 4.74 Å². The van der Waals surface area contributed by atoms with Gasteiger partial charge in [0.2, 0.25) is 0 Å². The Hall–Kier alpha value is -1.36. The predicted octanol–water partition coefficient (Wildman–Crippen LogP) is 1.90. The summed E-state index contributed by atoms with van der Waals surface area (Å²) < 4.78 is 10.7. The Kier molecular flexibility index (Phi) is 7.18. The van der Waals surface area contributed by atoms with Crippen LogP contribution in [0.1, 0.15) is 18.4 Å². The fourth-order valence-electron chi connectivity index (χ4n) is 1.71. The number of aliphatic hydroxyl groups excluding tert-OH is 2. The van der Waals surface area contributed by atoms with E-state index in [2.05, 4.69) is 6.58 Å². The normalized spacial score (nSPS) is 13.8. The van der Waals surface area contributed by atoms with E-state index in [1.165, 1.54) is 0 Å². The summed E-state index contributed by atoms with van der Waals surface area (Å²) in [7, 11) is 1.62. The quantitative estimate of drug-likeness (QED) is 0.670. The molecule has 2 N–H and O–H groups in total. The van der Waals surface area contributed by atoms with Gasteiger partial charge in [-0.2, -0.15) is 0 Å². The van der Waals surface area contributed by atoms with Crippen molar-refractivity contribution in [1.82, 2.24) is 0 Å². The molecule has 0 heterocycles. The molecule has 0 spiro atoms. The molecule has 1 aromatic rings. The molecule has 0 fully saturated rings. The van der Waals surface area contributed by atoms with Crippen LogP contribution in [-0.4, -0.2) is 36.1 Å². The van der Waals surface area contributed by atoms with Gasteiger partial charge in [0.05, 0.1) is 26.4 Å². The summed E-state index contributed by atoms with van der Waals surface area (Å²) in [6, 6.07) is 7.54. The predicted molar refractivity (Wildman–Crippen MR) is 74.1 cm³/mol. The van der Waals surface area contributed by atoms with Crippen molar-refractivity contribution in [3.63, 3.8) is 0 Å². The van der Waals surface area contributed by atoms with Crippen LogP contribution in [0.5, 0.6) is 5.75 Å². The number of ether oxygens (including phenoxy) is 2. The molecule has 0 saturated carbocycles. The first-order valence-electron chi connectivity index (χ1n) is 6.35. The molecule has 0 radical (unpaired) electrons. The standard InChI is InChI=1S/C15H22O4/c1-3-4-5-15(14(17)10-16)19-11-12-6-8-13(18-2)9-7-12/h3,6-9,14-17H,1,4-5,10-11H2,2H3/t14-,15-/m0/s1. The second-order valence-corrected chi connectivity index (χ2v) is 4.31. The highest BCUT2D eigenvalue weighted by molar-refractivity contribution is 5.26. The van der Waals surface area contributed by atoms with Crippen molar-refractivity contribution >= 4 is 0 Å². The molecular weight excluding hydrogens is 244 g/mol. The summed E-state index contributed by atoms with van der Waals surface area (Å²) in [4.78, 5) is 0. The lowest BCUT2D eigenvalue weighted by molar-refractivity contribution is -0.0677. The molecule has 4 heteroatoms. The molecule has 0 aromatic heterocycles. The van der Waals surface area contributed by atoms with Crippen LogP contribution in [0.2, 0.25) is 0 Å². The molecular formula is C15H22O4. The average molecular weight is 266 g/mol. The molecule has 2 atom stereocenters. The van der Waals surface area contributed by atoms with Gasteiger partial charge in [0, 0.05) is 0 Å². The fraction of sp³-hybridized carbons (Fsp3) is 0.467. The summed E-state index contributed by atoms with van der Waals surface area (Å²) in [5, 5.41) is 18.7. The molecule has 1 aromatic carbocycles. The first-order valence-corrected chi connectivity index (χ1v) is 6.35. The molecule has 0 aliphatic rings. The first kappa shape index (κ1) is 15.7. The number of hydrogen-bond acceptors (Lipinski definition) is 4. The van der Waals surface area contributed by atoms with Gasteiger partial charge in [-0.05, 0) is 30.5 Å². The van der Waals surface area contributed by atoms with Crippen molar-refractivity contribution in [2.45, 2.75) is 31.7 Å². The number of allylic oxidation sites excluding steroid dienone is 1. The second kappa shape index (κ2) is 8.69. The van der Waals surface area contributed by atoms with E-state index in [1.807, 2.05) is 24.3 Å². The number of aliphatic hydroxyl groups is 2. The van der Waals surface area contributed by atoms with Gasteiger partial charge < -0.3 is 19.7 Å². The monoisotopic (exact) mass is 266 g/mol. The lowest BCUT2D eigenvalue weighted by atomic mass is 10.1. The minimum atomic E-state index is -0.863. The molecule has 4 nitrogen and oxygen atoms in total. The first-order chi connectivity index (χ1) is 9.21. The summed E-state index contributed by atoms with van der Waals surface area (Å²) >= 11 is 0. The molecule has 106 valence electrons. The Bertz CT molecular complexity index is 361. The fourth-order valence-corrected chi connectivity index (χ4v) is 1.71. The summed E-state index contributed by atoms with van der Waals surface area (Å²) in [5.74, 6) is 0.794. The van der Waals surface area contributed by atoms with Crippen molar-refractivity contribution in [3.8, 4) is 5.75 Å². The third-order valence-corrected chi connectivity index (χ3v) is 2.89. The van der Waals surface area contributed by atoms with E-state index in [9.17, 15) is 5.11 Å². The lowest BCUT2D eigenvalue weighted by Gasteiger charge is -2.21. The molecule has 0 unspecified atom stereocenters. The van der Waals surface area contributed by atoms with E-state index >= 15 is 0 Å². The van der Waals surface area contributed by atoms with Crippen LogP contribution in [0, 0.1) is 0 Å². The van der Waals surface area contributed by atoms with E-state index in [4.69, 9.17) is 14.6 Å². The van der Waals surface area contributed by atoms with E-state index in [-0.39, 0.29) is 12.7 Å². The van der Waals surface area contributed by atoms with Gasteiger partial charge in [-0.3, -0.25) is 0 Å². The lowest BCUT2D eigenvalue weighted by Crippen LogP contribution is -2.31. The minimum absolute atomic E-state index is 0.301. The molecule has 0 aliphatic carbocycles. The minimum Gasteiger partial charge on any atom is -0.497 e. The number of rotatable bonds is 9. The summed E-state index contributed by atoms with van der Waals surface area (Å²) in [6.45, 7) is 3.73. The Morgan fingerprint density at radius 3 is 2.53 bits per heavy atom. The SMILES string of the molecule is C=CCC[C@H](OCc1ccc(OC)cc1)[C@@H](O)CO. The Balaban J connectivity index is 2.51. The zero-order chi connectivity index (χ0) is 14.1. The topological polar surface area (TPSA) is 58.9 Å². The van der Waals surface area contributed by atoms with Crippen molar-refractivity contribution in [1.29, 1.82) is 0 Å². The van der Waals surface area contributed by atoms with Crippen LogP contribution in [0.25, 0.3) is 0 Å². The van der Waals surface area contributed by atoms with Crippen LogP contribution in [0.3, 0.4) is 0 Å². The highest BCUT2D eigenvalue weighted by Crippen LogP contribution is 2.15. The number of methoxy groups -OCH3 is 1. The van der Waals surface area contributed by atoms with Crippen molar-refractivity contribution < 1.29 is 19.7 Å². The average Bonchev–Trinajstić information content (AvgIpc) is 2.47. The summed E-state index contributed by atoms with van der Waals surface area (Å²) in [5.41, 5.74) is 0.995. The molecule has 1 rings (SSSR count). The molecule has 0 aliphatic heterocycles. The van der Waals surface area contributed by atoms with Gasteiger partial charge in [-0.15, -0.1) is 6.58 Å². The highest BCUT2D eigenvalue weighted by atomic mass is 16.5. The smallest absolute Gasteiger partial charge is 0.118 e. The summed E-state index contributed by atoms with van der Waals surface area (Å²) in [6.07, 6.45) is 1.91. The van der Waals surface area contributed by atoms with Crippen LogP contribution >= 0.6 is 0 Å². The molecule has 0 amide bonds. The maximum absolute atomic E-state index is 9.68. The highest BCUT2D eigenvalue weighted by Gasteiger charge is 2.18. The number of hydrogen-bond donors (Lipinski definition) is 2. The van der Waals surface area contributed by atoms with E-state index in [0.717, 1.165) is 17.7 Å². The van der Waals surface area contributed by atoms with Crippen LogP contribution in [0.4, 0.5) is 0 Å². The molecule has 0 bridgehead atoms. The zero-order valence-corrected chi connectivity index (χ0v) is 11.3. The Morgan fingerprint density at radius 1 is 1.32 bits per heavy atom.